The summed E-state index contributed by atoms with van der Waals surface area (Å²) in [6.45, 7) is 0. The molecule has 0 radical (unpaired) electrons. The number of nitrogens with zero attached hydrogens (tertiary/aromatic N) is 2. The van der Waals surface area contributed by atoms with E-state index >= 15 is 0 Å². The summed E-state index contributed by atoms with van der Waals surface area (Å²) in [6.07, 6.45) is 2.00. The van der Waals surface area contributed by atoms with Gasteiger partial charge in [-0.1, -0.05) is 29.4 Å². The quantitative estimate of drug-likeness (QED) is 0.667. The van der Waals surface area contributed by atoms with Gasteiger partial charge in [0.15, 0.2) is 0 Å². The third-order valence-electron chi connectivity index (χ3n) is 3.10. The molecule has 0 fully saturated rings. The molecule has 0 unspecified atom stereocenters. The molecule has 3 aromatic rings. The van der Waals surface area contributed by atoms with E-state index in [4.69, 9.17) is 4.42 Å². The minimum Gasteiger partial charge on any atom is -0.403 e. The van der Waals surface area contributed by atoms with Crippen LogP contribution in [0, 0.1) is 0 Å². The molecule has 2 aromatic carbocycles. The summed E-state index contributed by atoms with van der Waals surface area (Å²) in [5, 5.41) is 10.5. The van der Waals surface area contributed by atoms with Crippen LogP contribution in [0.1, 0.15) is 0 Å². The van der Waals surface area contributed by atoms with Crippen molar-refractivity contribution in [2.45, 2.75) is 9.79 Å². The van der Waals surface area contributed by atoms with Crippen LogP contribution >= 0.6 is 23.5 Å². The second kappa shape index (κ2) is 8.03. The molecule has 0 bridgehead atoms. The monoisotopic (exact) mass is 357 g/mol. The molecule has 0 saturated carbocycles. The van der Waals surface area contributed by atoms with Gasteiger partial charge >= 0.3 is 6.01 Å². The number of amides is 1. The Morgan fingerprint density at radius 1 is 1.08 bits per heavy atom. The average Bonchev–Trinajstić information content (AvgIpc) is 3.09. The van der Waals surface area contributed by atoms with Crippen molar-refractivity contribution in [3.05, 3.63) is 54.6 Å². The maximum atomic E-state index is 12.0. The largest absolute Gasteiger partial charge is 0.403 e. The summed E-state index contributed by atoms with van der Waals surface area (Å²) in [4.78, 5) is 14.1. The van der Waals surface area contributed by atoms with Gasteiger partial charge in [-0.25, -0.2) is 0 Å². The first-order valence-electron chi connectivity index (χ1n) is 7.20. The zero-order valence-corrected chi connectivity index (χ0v) is 14.6. The fourth-order valence-electron chi connectivity index (χ4n) is 1.97. The summed E-state index contributed by atoms with van der Waals surface area (Å²) in [7, 11) is 0. The molecule has 0 atom stereocenters. The topological polar surface area (TPSA) is 68.0 Å². The molecular weight excluding hydrogens is 342 g/mol. The normalized spacial score (nSPS) is 10.5. The van der Waals surface area contributed by atoms with Crippen molar-refractivity contribution in [3.8, 4) is 11.5 Å². The van der Waals surface area contributed by atoms with Gasteiger partial charge in [-0.05, 0) is 36.6 Å². The van der Waals surface area contributed by atoms with Gasteiger partial charge in [0.25, 0.3) is 0 Å². The number of carbonyl (C=O) groups excluding carboxylic acids is 1. The van der Waals surface area contributed by atoms with E-state index in [0.29, 0.717) is 5.89 Å². The van der Waals surface area contributed by atoms with E-state index in [1.54, 1.807) is 11.8 Å². The third kappa shape index (κ3) is 4.39. The van der Waals surface area contributed by atoms with Crippen molar-refractivity contribution in [2.75, 3.05) is 17.3 Å². The van der Waals surface area contributed by atoms with Gasteiger partial charge in [0.1, 0.15) is 0 Å². The van der Waals surface area contributed by atoms with Crippen LogP contribution in [0.3, 0.4) is 0 Å². The lowest BCUT2D eigenvalue weighted by atomic mass is 10.2. The number of rotatable bonds is 6. The molecule has 1 N–H and O–H groups in total. The van der Waals surface area contributed by atoms with Crippen LogP contribution in [0.5, 0.6) is 0 Å². The molecule has 1 amide bonds. The summed E-state index contributed by atoms with van der Waals surface area (Å²) in [5.41, 5.74) is 0.827. The van der Waals surface area contributed by atoms with Crippen molar-refractivity contribution in [1.82, 2.24) is 10.2 Å². The third-order valence-corrected chi connectivity index (χ3v) is 4.84. The zero-order valence-electron chi connectivity index (χ0n) is 12.9. The lowest BCUT2D eigenvalue weighted by Gasteiger charge is -2.01. The molecule has 5 nitrogen and oxygen atoms in total. The van der Waals surface area contributed by atoms with Crippen LogP contribution in [0.2, 0.25) is 0 Å². The van der Waals surface area contributed by atoms with Gasteiger partial charge in [0.05, 0.1) is 5.75 Å². The summed E-state index contributed by atoms with van der Waals surface area (Å²) in [6, 6.07) is 17.6. The number of hydrogen-bond acceptors (Lipinski definition) is 6. The van der Waals surface area contributed by atoms with Crippen molar-refractivity contribution in [2.24, 2.45) is 0 Å². The Morgan fingerprint density at radius 3 is 2.67 bits per heavy atom. The number of aromatic nitrogens is 2. The number of nitrogens with one attached hydrogen (secondary N) is 1. The summed E-state index contributed by atoms with van der Waals surface area (Å²) in [5.74, 6) is 0.484. The standard InChI is InChI=1S/C17H15N3O2S2/c1-23-14-9-5-6-12(10-14)16-19-20-17(22-16)18-15(21)11-24-13-7-3-2-4-8-13/h2-10H,11H2,1H3,(H,18,20,21). The van der Waals surface area contributed by atoms with Crippen LogP contribution in [-0.4, -0.2) is 28.1 Å². The van der Waals surface area contributed by atoms with Crippen molar-refractivity contribution in [1.29, 1.82) is 0 Å². The number of benzene rings is 2. The van der Waals surface area contributed by atoms with Crippen molar-refractivity contribution >= 4 is 35.4 Å². The molecule has 0 spiro atoms. The van der Waals surface area contributed by atoms with Crippen LogP contribution in [0.4, 0.5) is 6.01 Å². The first-order valence-corrected chi connectivity index (χ1v) is 9.41. The van der Waals surface area contributed by atoms with Crippen molar-refractivity contribution in [3.63, 3.8) is 0 Å². The molecule has 0 aliphatic carbocycles. The van der Waals surface area contributed by atoms with Gasteiger partial charge < -0.3 is 4.42 Å². The number of carbonyl (C=O) groups is 1. The van der Waals surface area contributed by atoms with Gasteiger partial charge in [-0.2, -0.15) is 0 Å². The molecule has 24 heavy (non-hydrogen) atoms. The Morgan fingerprint density at radius 2 is 1.88 bits per heavy atom. The second-order valence-electron chi connectivity index (χ2n) is 4.79. The fraction of sp³-hybridized carbons (Fsp3) is 0.118. The Labute approximate surface area is 148 Å². The minimum atomic E-state index is -0.183. The van der Waals surface area contributed by atoms with E-state index in [1.807, 2.05) is 60.9 Å². The molecule has 122 valence electrons. The van der Waals surface area contributed by atoms with Crippen LogP contribution in [0.25, 0.3) is 11.5 Å². The summed E-state index contributed by atoms with van der Waals surface area (Å²) >= 11 is 3.09. The molecule has 0 aliphatic heterocycles. The minimum absolute atomic E-state index is 0.109. The Hall–Kier alpha value is -2.25. The molecule has 1 heterocycles. The van der Waals surface area contributed by atoms with Gasteiger partial charge in [0.2, 0.25) is 11.8 Å². The Bertz CT molecular complexity index is 821. The zero-order chi connectivity index (χ0) is 16.8. The SMILES string of the molecule is CSc1cccc(-c2nnc(NC(=O)CSc3ccccc3)o2)c1. The fourth-order valence-corrected chi connectivity index (χ4v) is 3.15. The number of hydrogen-bond donors (Lipinski definition) is 1. The second-order valence-corrected chi connectivity index (χ2v) is 6.72. The highest BCUT2D eigenvalue weighted by Gasteiger charge is 2.12. The Kier molecular flexibility index (Phi) is 5.55. The first kappa shape index (κ1) is 16.6. The van der Waals surface area contributed by atoms with Crippen LogP contribution in [-0.2, 0) is 4.79 Å². The van der Waals surface area contributed by atoms with Crippen molar-refractivity contribution < 1.29 is 9.21 Å². The highest BCUT2D eigenvalue weighted by atomic mass is 32.2. The number of thioether (sulfide) groups is 2. The predicted molar refractivity (Wildman–Crippen MR) is 97.3 cm³/mol. The molecule has 0 aliphatic rings. The maximum Gasteiger partial charge on any atom is 0.322 e. The number of anilines is 1. The van der Waals surface area contributed by atoms with Crippen LogP contribution < -0.4 is 5.32 Å². The first-order chi connectivity index (χ1) is 11.7. The smallest absolute Gasteiger partial charge is 0.322 e. The lowest BCUT2D eigenvalue weighted by molar-refractivity contribution is -0.113. The highest BCUT2D eigenvalue weighted by Crippen LogP contribution is 2.24. The van der Waals surface area contributed by atoms with Gasteiger partial charge in [-0.3, -0.25) is 10.1 Å². The van der Waals surface area contributed by atoms with Gasteiger partial charge in [0, 0.05) is 15.4 Å². The van der Waals surface area contributed by atoms with E-state index in [2.05, 4.69) is 15.5 Å². The molecule has 7 heteroatoms. The lowest BCUT2D eigenvalue weighted by Crippen LogP contribution is -2.14. The predicted octanol–water partition coefficient (Wildman–Crippen LogP) is 4.19. The van der Waals surface area contributed by atoms with Crippen LogP contribution in [0.15, 0.2) is 68.8 Å². The highest BCUT2D eigenvalue weighted by molar-refractivity contribution is 8.00. The molecule has 0 saturated heterocycles. The van der Waals surface area contributed by atoms with E-state index < -0.39 is 0 Å². The van der Waals surface area contributed by atoms with E-state index in [-0.39, 0.29) is 17.7 Å². The van der Waals surface area contributed by atoms with Gasteiger partial charge in [-0.15, -0.1) is 28.6 Å². The maximum absolute atomic E-state index is 12.0. The molecule has 1 aromatic heterocycles. The van der Waals surface area contributed by atoms with E-state index in [0.717, 1.165) is 15.4 Å². The molecular formula is C17H15N3O2S2. The van der Waals surface area contributed by atoms with E-state index in [9.17, 15) is 4.79 Å². The van der Waals surface area contributed by atoms with E-state index in [1.165, 1.54) is 11.8 Å². The molecule has 3 rings (SSSR count). The Balaban J connectivity index is 1.60. The summed E-state index contributed by atoms with van der Waals surface area (Å²) < 4.78 is 5.52. The average molecular weight is 357 g/mol.